The zero-order valence-electron chi connectivity index (χ0n) is 11.2. The summed E-state index contributed by atoms with van der Waals surface area (Å²) < 4.78 is 0. The molecule has 2 nitrogen and oxygen atoms in total. The molecule has 0 fully saturated rings. The minimum Gasteiger partial charge on any atom is -0.507 e. The number of allylic oxidation sites excluding steroid dienone is 1. The summed E-state index contributed by atoms with van der Waals surface area (Å²) in [6.07, 6.45) is 5.26. The van der Waals surface area contributed by atoms with Crippen LogP contribution in [-0.4, -0.2) is 25.7 Å². The van der Waals surface area contributed by atoms with Crippen molar-refractivity contribution in [2.75, 3.05) is 20.6 Å². The number of aliphatic hydroxyl groups is 1. The van der Waals surface area contributed by atoms with Gasteiger partial charge in [-0.05, 0) is 36.5 Å². The molecular formula is C16H22NO+. The molecule has 2 rings (SSSR count). The molecule has 1 aromatic rings. The number of rotatable bonds is 3. The van der Waals surface area contributed by atoms with Crippen molar-refractivity contribution in [2.24, 2.45) is 0 Å². The standard InChI is InChI=1S/C16H21NO/c1-17(2)12-15-10-6-9-14(16(15)18)11-13-7-4-3-5-8-13/h3-5,7-8,11,18H,6,9-10,12H2,1-2H3/p+1. The first-order valence-corrected chi connectivity index (χ1v) is 6.63. The lowest BCUT2D eigenvalue weighted by atomic mass is 9.91. The van der Waals surface area contributed by atoms with E-state index in [0.29, 0.717) is 5.76 Å². The van der Waals surface area contributed by atoms with Crippen LogP contribution in [-0.2, 0) is 0 Å². The molecule has 1 aliphatic carbocycles. The molecular weight excluding hydrogens is 222 g/mol. The van der Waals surface area contributed by atoms with Gasteiger partial charge >= 0.3 is 0 Å². The minimum absolute atomic E-state index is 0.534. The number of nitrogens with one attached hydrogen (secondary N) is 1. The van der Waals surface area contributed by atoms with Crippen LogP contribution in [0.5, 0.6) is 0 Å². The van der Waals surface area contributed by atoms with Crippen LogP contribution in [0, 0.1) is 0 Å². The summed E-state index contributed by atoms with van der Waals surface area (Å²) in [5, 5.41) is 10.3. The van der Waals surface area contributed by atoms with E-state index in [1.54, 1.807) is 0 Å². The van der Waals surface area contributed by atoms with Crippen LogP contribution in [0.25, 0.3) is 6.08 Å². The van der Waals surface area contributed by atoms with Crippen molar-refractivity contribution in [3.05, 3.63) is 52.8 Å². The third kappa shape index (κ3) is 3.23. The van der Waals surface area contributed by atoms with Crippen molar-refractivity contribution >= 4 is 6.08 Å². The van der Waals surface area contributed by atoms with Crippen LogP contribution in [0.4, 0.5) is 0 Å². The topological polar surface area (TPSA) is 24.7 Å². The zero-order chi connectivity index (χ0) is 13.0. The SMILES string of the molecule is C[NH+](C)CC1=C(O)C(=Cc2ccccc2)CCC1. The van der Waals surface area contributed by atoms with E-state index in [4.69, 9.17) is 0 Å². The summed E-state index contributed by atoms with van der Waals surface area (Å²) in [6, 6.07) is 10.2. The summed E-state index contributed by atoms with van der Waals surface area (Å²) in [4.78, 5) is 1.36. The fraction of sp³-hybridized carbons (Fsp3) is 0.375. The summed E-state index contributed by atoms with van der Waals surface area (Å²) >= 11 is 0. The quantitative estimate of drug-likeness (QED) is 0.837. The highest BCUT2D eigenvalue weighted by molar-refractivity contribution is 5.58. The van der Waals surface area contributed by atoms with Crippen LogP contribution >= 0.6 is 0 Å². The van der Waals surface area contributed by atoms with E-state index < -0.39 is 0 Å². The average Bonchev–Trinajstić information content (AvgIpc) is 2.35. The maximum absolute atomic E-state index is 10.3. The molecule has 96 valence electrons. The van der Waals surface area contributed by atoms with Crippen molar-refractivity contribution < 1.29 is 10.0 Å². The molecule has 0 saturated carbocycles. The van der Waals surface area contributed by atoms with E-state index in [1.165, 1.54) is 10.5 Å². The van der Waals surface area contributed by atoms with Crippen molar-refractivity contribution in [2.45, 2.75) is 19.3 Å². The number of hydrogen-bond acceptors (Lipinski definition) is 1. The average molecular weight is 244 g/mol. The molecule has 2 heteroatoms. The molecule has 0 spiro atoms. The highest BCUT2D eigenvalue weighted by atomic mass is 16.3. The fourth-order valence-corrected chi connectivity index (χ4v) is 2.45. The lowest BCUT2D eigenvalue weighted by molar-refractivity contribution is -0.853. The Morgan fingerprint density at radius 1 is 1.17 bits per heavy atom. The number of hydrogen-bond donors (Lipinski definition) is 2. The third-order valence-corrected chi connectivity index (χ3v) is 3.27. The van der Waals surface area contributed by atoms with Gasteiger partial charge < -0.3 is 10.0 Å². The Balaban J connectivity index is 2.25. The molecule has 0 unspecified atom stereocenters. The summed E-state index contributed by atoms with van der Waals surface area (Å²) in [6.45, 7) is 0.929. The van der Waals surface area contributed by atoms with Gasteiger partial charge in [0.1, 0.15) is 12.3 Å². The van der Waals surface area contributed by atoms with E-state index >= 15 is 0 Å². The summed E-state index contributed by atoms with van der Waals surface area (Å²) in [7, 11) is 4.24. The highest BCUT2D eigenvalue weighted by Gasteiger charge is 2.18. The lowest BCUT2D eigenvalue weighted by Gasteiger charge is -2.20. The minimum atomic E-state index is 0.534. The van der Waals surface area contributed by atoms with Gasteiger partial charge in [0.2, 0.25) is 0 Å². The normalized spacial score (nSPS) is 18.7. The predicted octanol–water partition coefficient (Wildman–Crippen LogP) is 2.21. The molecule has 0 saturated heterocycles. The summed E-state index contributed by atoms with van der Waals surface area (Å²) in [5.41, 5.74) is 3.45. The van der Waals surface area contributed by atoms with E-state index in [9.17, 15) is 5.11 Å². The lowest BCUT2D eigenvalue weighted by Crippen LogP contribution is -3.05. The molecule has 2 N–H and O–H groups in total. The van der Waals surface area contributed by atoms with Crippen LogP contribution in [0.2, 0.25) is 0 Å². The van der Waals surface area contributed by atoms with Crippen LogP contribution < -0.4 is 4.90 Å². The molecule has 0 heterocycles. The number of quaternary nitrogens is 1. The van der Waals surface area contributed by atoms with Gasteiger partial charge in [-0.25, -0.2) is 0 Å². The van der Waals surface area contributed by atoms with E-state index in [0.717, 1.165) is 36.9 Å². The van der Waals surface area contributed by atoms with E-state index in [2.05, 4.69) is 32.3 Å². The smallest absolute Gasteiger partial charge is 0.123 e. The molecule has 0 aromatic heterocycles. The van der Waals surface area contributed by atoms with Gasteiger partial charge in [-0.1, -0.05) is 30.3 Å². The Hall–Kier alpha value is -1.54. The first kappa shape index (κ1) is 12.9. The molecule has 0 radical (unpaired) electrons. The Bertz CT molecular complexity index is 457. The second kappa shape index (κ2) is 5.87. The van der Waals surface area contributed by atoms with Gasteiger partial charge in [0.25, 0.3) is 0 Å². The Morgan fingerprint density at radius 2 is 1.89 bits per heavy atom. The number of aliphatic hydroxyl groups excluding tert-OH is 1. The summed E-state index contributed by atoms with van der Waals surface area (Å²) in [5.74, 6) is 0.534. The van der Waals surface area contributed by atoms with Crippen LogP contribution in [0.3, 0.4) is 0 Å². The molecule has 0 bridgehead atoms. The number of benzene rings is 1. The maximum Gasteiger partial charge on any atom is 0.123 e. The molecule has 0 atom stereocenters. The zero-order valence-corrected chi connectivity index (χ0v) is 11.2. The molecule has 1 aliphatic rings. The van der Waals surface area contributed by atoms with E-state index in [1.807, 2.05) is 18.2 Å². The molecule has 0 aliphatic heterocycles. The van der Waals surface area contributed by atoms with Crippen molar-refractivity contribution in [1.29, 1.82) is 0 Å². The van der Waals surface area contributed by atoms with Gasteiger partial charge in [0, 0.05) is 5.57 Å². The van der Waals surface area contributed by atoms with Gasteiger partial charge in [0.15, 0.2) is 0 Å². The van der Waals surface area contributed by atoms with Gasteiger partial charge in [-0.2, -0.15) is 0 Å². The van der Waals surface area contributed by atoms with E-state index in [-0.39, 0.29) is 0 Å². The predicted molar refractivity (Wildman–Crippen MR) is 75.6 cm³/mol. The number of likely N-dealkylation sites (N-methyl/N-ethyl adjacent to an activating group) is 1. The van der Waals surface area contributed by atoms with Crippen molar-refractivity contribution in [3.8, 4) is 0 Å². The monoisotopic (exact) mass is 244 g/mol. The molecule has 0 amide bonds. The first-order chi connectivity index (χ1) is 8.66. The second-order valence-electron chi connectivity index (χ2n) is 5.27. The highest BCUT2D eigenvalue weighted by Crippen LogP contribution is 2.28. The maximum atomic E-state index is 10.3. The van der Waals surface area contributed by atoms with Gasteiger partial charge in [-0.3, -0.25) is 0 Å². The largest absolute Gasteiger partial charge is 0.507 e. The third-order valence-electron chi connectivity index (χ3n) is 3.27. The second-order valence-corrected chi connectivity index (χ2v) is 5.27. The fourth-order valence-electron chi connectivity index (χ4n) is 2.45. The van der Waals surface area contributed by atoms with Crippen LogP contribution in [0.1, 0.15) is 24.8 Å². The van der Waals surface area contributed by atoms with Gasteiger partial charge in [0.05, 0.1) is 14.1 Å². The molecule has 1 aromatic carbocycles. The van der Waals surface area contributed by atoms with Gasteiger partial charge in [-0.15, -0.1) is 0 Å². The Kier molecular flexibility index (Phi) is 4.21. The first-order valence-electron chi connectivity index (χ1n) is 6.63. The van der Waals surface area contributed by atoms with Crippen molar-refractivity contribution in [3.63, 3.8) is 0 Å². The Labute approximate surface area is 109 Å². The molecule has 18 heavy (non-hydrogen) atoms. The van der Waals surface area contributed by atoms with Crippen molar-refractivity contribution in [1.82, 2.24) is 0 Å². The Morgan fingerprint density at radius 3 is 2.56 bits per heavy atom. The van der Waals surface area contributed by atoms with Crippen LogP contribution in [0.15, 0.2) is 47.2 Å².